The second-order valence-corrected chi connectivity index (χ2v) is 9.03. The summed E-state index contributed by atoms with van der Waals surface area (Å²) in [6, 6.07) is 20.9. The first-order valence-electron chi connectivity index (χ1n) is 11.7. The van der Waals surface area contributed by atoms with Crippen molar-refractivity contribution in [2.75, 3.05) is 45.2 Å². The first-order valence-corrected chi connectivity index (χ1v) is 11.7. The number of aryl methyl sites for hydroxylation is 1. The third-order valence-electron chi connectivity index (χ3n) is 6.84. The van der Waals surface area contributed by atoms with Crippen molar-refractivity contribution < 1.29 is 9.15 Å². The third-order valence-corrected chi connectivity index (χ3v) is 6.84. The number of hydrogen-bond acceptors (Lipinski definition) is 5. The lowest BCUT2D eigenvalue weighted by molar-refractivity contribution is 0.313. The van der Waals surface area contributed by atoms with Gasteiger partial charge in [-0.15, -0.1) is 0 Å². The molecular weight excluding hydrogens is 424 g/mol. The van der Waals surface area contributed by atoms with Crippen molar-refractivity contribution in [3.05, 3.63) is 66.4 Å². The van der Waals surface area contributed by atoms with Crippen molar-refractivity contribution in [3.8, 4) is 28.3 Å². The van der Waals surface area contributed by atoms with Gasteiger partial charge < -0.3 is 23.9 Å². The van der Waals surface area contributed by atoms with Gasteiger partial charge in [-0.05, 0) is 49.9 Å². The van der Waals surface area contributed by atoms with Crippen LogP contribution in [0.25, 0.3) is 44.5 Å². The molecule has 6 heteroatoms. The van der Waals surface area contributed by atoms with Gasteiger partial charge in [0.25, 0.3) is 0 Å². The molecule has 1 N–H and O–H groups in total. The maximum Gasteiger partial charge on any atom is 0.142 e. The van der Waals surface area contributed by atoms with Gasteiger partial charge in [0.05, 0.1) is 23.7 Å². The fraction of sp³-hybridized carbons (Fsp3) is 0.250. The first kappa shape index (κ1) is 20.8. The summed E-state index contributed by atoms with van der Waals surface area (Å²) in [5.74, 6) is 2.44. The number of nitrogens with one attached hydrogen (secondary N) is 1. The molecule has 172 valence electrons. The van der Waals surface area contributed by atoms with Crippen molar-refractivity contribution in [1.82, 2.24) is 14.9 Å². The maximum absolute atomic E-state index is 6.19. The van der Waals surface area contributed by atoms with Gasteiger partial charge in [0.1, 0.15) is 22.9 Å². The van der Waals surface area contributed by atoms with E-state index in [1.165, 1.54) is 5.69 Å². The van der Waals surface area contributed by atoms with Gasteiger partial charge in [-0.2, -0.15) is 0 Å². The molecule has 3 aromatic carbocycles. The average Bonchev–Trinajstić information content (AvgIpc) is 3.43. The SMILES string of the molecule is COc1cc2c(-c3ccccc3)c(C)oc2cc1-c1nc2ccc(N3CCN(C)CC3)cc2[nH]1. The molecule has 2 aromatic heterocycles. The van der Waals surface area contributed by atoms with Crippen LogP contribution in [0.3, 0.4) is 0 Å². The number of nitrogens with zero attached hydrogens (tertiary/aromatic N) is 3. The van der Waals surface area contributed by atoms with E-state index in [2.05, 4.69) is 58.2 Å². The Kier molecular flexibility index (Phi) is 5.03. The number of benzene rings is 3. The Balaban J connectivity index is 1.42. The minimum absolute atomic E-state index is 0.767. The molecule has 0 atom stereocenters. The van der Waals surface area contributed by atoms with Crippen molar-refractivity contribution in [2.45, 2.75) is 6.92 Å². The molecule has 1 aliphatic rings. The minimum Gasteiger partial charge on any atom is -0.496 e. The van der Waals surface area contributed by atoms with Crippen LogP contribution in [-0.4, -0.2) is 55.2 Å². The van der Waals surface area contributed by atoms with Gasteiger partial charge in [-0.3, -0.25) is 0 Å². The Hall–Kier alpha value is -3.77. The topological polar surface area (TPSA) is 57.5 Å². The number of rotatable bonds is 4. The second kappa shape index (κ2) is 8.22. The average molecular weight is 453 g/mol. The Morgan fingerprint density at radius 3 is 2.53 bits per heavy atom. The largest absolute Gasteiger partial charge is 0.496 e. The molecule has 0 spiro atoms. The number of ether oxygens (including phenoxy) is 1. The fourth-order valence-corrected chi connectivity index (χ4v) is 4.95. The summed E-state index contributed by atoms with van der Waals surface area (Å²) < 4.78 is 12.0. The zero-order valence-corrected chi connectivity index (χ0v) is 19.8. The van der Waals surface area contributed by atoms with E-state index in [-0.39, 0.29) is 0 Å². The van der Waals surface area contributed by atoms with Gasteiger partial charge in [0, 0.05) is 42.8 Å². The summed E-state index contributed by atoms with van der Waals surface area (Å²) in [6.45, 7) is 6.24. The number of H-pyrrole nitrogens is 1. The summed E-state index contributed by atoms with van der Waals surface area (Å²) in [7, 11) is 3.88. The fourth-order valence-electron chi connectivity index (χ4n) is 4.95. The van der Waals surface area contributed by atoms with Crippen LogP contribution in [0.1, 0.15) is 5.76 Å². The quantitative estimate of drug-likeness (QED) is 0.378. The van der Waals surface area contributed by atoms with Crippen LogP contribution in [-0.2, 0) is 0 Å². The number of piperazine rings is 1. The van der Waals surface area contributed by atoms with Crippen LogP contribution in [0.5, 0.6) is 5.75 Å². The molecule has 1 aliphatic heterocycles. The predicted molar refractivity (Wildman–Crippen MR) is 138 cm³/mol. The van der Waals surface area contributed by atoms with Gasteiger partial charge in [-0.25, -0.2) is 4.98 Å². The van der Waals surface area contributed by atoms with Crippen LogP contribution in [0.15, 0.2) is 65.1 Å². The van der Waals surface area contributed by atoms with Gasteiger partial charge in [0.2, 0.25) is 0 Å². The number of anilines is 1. The number of furan rings is 1. The molecular formula is C28H28N4O2. The van der Waals surface area contributed by atoms with E-state index in [1.807, 2.05) is 31.2 Å². The zero-order chi connectivity index (χ0) is 23.2. The number of aromatic amines is 1. The normalized spacial score (nSPS) is 14.9. The molecule has 0 bridgehead atoms. The molecule has 0 aliphatic carbocycles. The Morgan fingerprint density at radius 1 is 0.971 bits per heavy atom. The van der Waals surface area contributed by atoms with E-state index < -0.39 is 0 Å². The van der Waals surface area contributed by atoms with E-state index in [9.17, 15) is 0 Å². The van der Waals surface area contributed by atoms with Gasteiger partial charge in [0.15, 0.2) is 0 Å². The minimum atomic E-state index is 0.767. The van der Waals surface area contributed by atoms with Crippen molar-refractivity contribution in [1.29, 1.82) is 0 Å². The van der Waals surface area contributed by atoms with Gasteiger partial charge in [-0.1, -0.05) is 30.3 Å². The molecule has 6 rings (SSSR count). The highest BCUT2D eigenvalue weighted by molar-refractivity contribution is 5.99. The number of hydrogen-bond donors (Lipinski definition) is 1. The molecule has 0 radical (unpaired) electrons. The molecule has 6 nitrogen and oxygen atoms in total. The number of imidazole rings is 1. The number of likely N-dealkylation sites (N-methyl/N-ethyl adjacent to an activating group) is 1. The smallest absolute Gasteiger partial charge is 0.142 e. The van der Waals surface area contributed by atoms with Crippen molar-refractivity contribution in [2.24, 2.45) is 0 Å². The highest BCUT2D eigenvalue weighted by Crippen LogP contribution is 2.41. The third kappa shape index (κ3) is 3.51. The first-order chi connectivity index (χ1) is 16.6. The summed E-state index contributed by atoms with van der Waals surface area (Å²) in [5, 5.41) is 1.04. The Morgan fingerprint density at radius 2 is 1.76 bits per heavy atom. The molecule has 1 fully saturated rings. The molecule has 3 heterocycles. The summed E-state index contributed by atoms with van der Waals surface area (Å²) >= 11 is 0. The van der Waals surface area contributed by atoms with E-state index in [1.54, 1.807) is 7.11 Å². The second-order valence-electron chi connectivity index (χ2n) is 9.03. The summed E-state index contributed by atoms with van der Waals surface area (Å²) in [4.78, 5) is 13.2. The lowest BCUT2D eigenvalue weighted by Crippen LogP contribution is -2.44. The Labute approximate surface area is 198 Å². The molecule has 0 unspecified atom stereocenters. The Bertz CT molecular complexity index is 1480. The van der Waals surface area contributed by atoms with Crippen LogP contribution >= 0.6 is 0 Å². The highest BCUT2D eigenvalue weighted by atomic mass is 16.5. The lowest BCUT2D eigenvalue weighted by Gasteiger charge is -2.34. The maximum atomic E-state index is 6.19. The van der Waals surface area contributed by atoms with Crippen LogP contribution in [0.2, 0.25) is 0 Å². The number of methoxy groups -OCH3 is 1. The van der Waals surface area contributed by atoms with Gasteiger partial charge >= 0.3 is 0 Å². The molecule has 0 amide bonds. The van der Waals surface area contributed by atoms with Crippen LogP contribution in [0, 0.1) is 6.92 Å². The van der Waals surface area contributed by atoms with Crippen LogP contribution < -0.4 is 9.64 Å². The van der Waals surface area contributed by atoms with E-state index in [4.69, 9.17) is 14.1 Å². The molecule has 5 aromatic rings. The lowest BCUT2D eigenvalue weighted by atomic mass is 10.0. The standard InChI is InChI=1S/C28H28N4O2/c1-18-27(19-7-5-4-6-8-19)21-16-25(33-3)22(17-26(21)34-18)28-29-23-10-9-20(15-24(23)30-28)32-13-11-31(2)12-14-32/h4-10,15-17H,11-14H2,1-3H3,(H,29,30). The van der Waals surface area contributed by atoms with E-state index >= 15 is 0 Å². The van der Waals surface area contributed by atoms with Crippen molar-refractivity contribution in [3.63, 3.8) is 0 Å². The van der Waals surface area contributed by atoms with Crippen LogP contribution in [0.4, 0.5) is 5.69 Å². The van der Waals surface area contributed by atoms with E-state index in [0.29, 0.717) is 0 Å². The molecule has 0 saturated carbocycles. The molecule has 1 saturated heterocycles. The molecule has 34 heavy (non-hydrogen) atoms. The zero-order valence-electron chi connectivity index (χ0n) is 19.8. The van der Waals surface area contributed by atoms with Crippen molar-refractivity contribution >= 4 is 27.7 Å². The summed E-state index contributed by atoms with van der Waals surface area (Å²) in [6.07, 6.45) is 0. The highest BCUT2D eigenvalue weighted by Gasteiger charge is 2.20. The van der Waals surface area contributed by atoms with E-state index in [0.717, 1.165) is 82.2 Å². The predicted octanol–water partition coefficient (Wildman–Crippen LogP) is 5.71. The summed E-state index contributed by atoms with van der Waals surface area (Å²) in [5.41, 5.74) is 7.14. The number of fused-ring (bicyclic) bond motifs is 2. The number of aromatic nitrogens is 2. The monoisotopic (exact) mass is 452 g/mol.